The number of hydrogen-bond acceptors (Lipinski definition) is 7. The number of nitrogens with one attached hydrogen (secondary N) is 4. The molecule has 4 N–H and O–H groups in total. The first-order chi connectivity index (χ1) is 21.9. The van der Waals surface area contributed by atoms with Gasteiger partial charge in [-0.1, -0.05) is 65.3 Å². The smallest absolute Gasteiger partial charge is 0.408 e. The van der Waals surface area contributed by atoms with Gasteiger partial charge in [-0.25, -0.2) is 4.79 Å². The summed E-state index contributed by atoms with van der Waals surface area (Å²) in [6.07, 6.45) is 3.40. The normalized spacial score (nSPS) is 15.6. The van der Waals surface area contributed by atoms with E-state index < -0.39 is 58.7 Å². The number of likely N-dealkylation sites (tertiary alicyclic amines) is 1. The van der Waals surface area contributed by atoms with E-state index in [1.54, 1.807) is 71.9 Å². The Bertz CT molecular complexity index is 1220. The second-order valence-corrected chi connectivity index (χ2v) is 13.6. The summed E-state index contributed by atoms with van der Waals surface area (Å²) in [6, 6.07) is 5.80. The molecule has 12 nitrogen and oxygen atoms in total. The molecular formula is C35H55N5O7. The van der Waals surface area contributed by atoms with E-state index in [4.69, 9.17) is 4.74 Å². The number of ether oxygens (including phenoxy) is 1. The van der Waals surface area contributed by atoms with Crippen molar-refractivity contribution in [2.24, 2.45) is 5.41 Å². The zero-order valence-electron chi connectivity index (χ0n) is 29.4. The van der Waals surface area contributed by atoms with Crippen molar-refractivity contribution in [3.05, 3.63) is 43.0 Å². The van der Waals surface area contributed by atoms with Crippen molar-refractivity contribution < 1.29 is 33.5 Å². The Labute approximate surface area is 279 Å². The van der Waals surface area contributed by atoms with Crippen LogP contribution in [0.15, 0.2) is 43.0 Å². The summed E-state index contributed by atoms with van der Waals surface area (Å²) in [5, 5.41) is 10.5. The van der Waals surface area contributed by atoms with E-state index in [0.29, 0.717) is 24.9 Å². The third-order valence-electron chi connectivity index (χ3n) is 6.82. The Balaban J connectivity index is 0.00000354. The van der Waals surface area contributed by atoms with E-state index in [1.807, 2.05) is 6.07 Å². The van der Waals surface area contributed by atoms with Crippen LogP contribution in [0.4, 0.5) is 10.5 Å². The number of amides is 5. The largest absolute Gasteiger partial charge is 0.444 e. The first-order valence-corrected chi connectivity index (χ1v) is 16.3. The van der Waals surface area contributed by atoms with Crippen LogP contribution >= 0.6 is 0 Å². The number of nitrogens with zero attached hydrogens (tertiary/aromatic N) is 1. The van der Waals surface area contributed by atoms with Crippen LogP contribution in [0.5, 0.6) is 0 Å². The topological polar surface area (TPSA) is 163 Å². The lowest BCUT2D eigenvalue weighted by Crippen LogP contribution is -2.59. The molecule has 2 rings (SSSR count). The van der Waals surface area contributed by atoms with Crippen LogP contribution < -0.4 is 21.3 Å². The lowest BCUT2D eigenvalue weighted by Gasteiger charge is -2.36. The van der Waals surface area contributed by atoms with Gasteiger partial charge in [-0.15, -0.1) is 6.58 Å². The molecule has 1 aliphatic rings. The average Bonchev–Trinajstić information content (AvgIpc) is 3.47. The predicted molar refractivity (Wildman–Crippen MR) is 182 cm³/mol. The predicted octanol–water partition coefficient (Wildman–Crippen LogP) is 4.50. The Morgan fingerprint density at radius 1 is 1.00 bits per heavy atom. The highest BCUT2D eigenvalue weighted by Crippen LogP contribution is 2.26. The maximum Gasteiger partial charge on any atom is 0.408 e. The fourth-order valence-electron chi connectivity index (χ4n) is 4.64. The lowest BCUT2D eigenvalue weighted by atomic mass is 9.85. The third kappa shape index (κ3) is 14.8. The van der Waals surface area contributed by atoms with Gasteiger partial charge in [-0.05, 0) is 64.0 Å². The highest BCUT2D eigenvalue weighted by Gasteiger charge is 2.43. The molecule has 0 aliphatic carbocycles. The Kier molecular flexibility index (Phi) is 16.9. The lowest BCUT2D eigenvalue weighted by molar-refractivity contribution is -0.144. The van der Waals surface area contributed by atoms with Gasteiger partial charge < -0.3 is 30.9 Å². The zero-order chi connectivity index (χ0) is 35.8. The number of ketones is 1. The average molecular weight is 658 g/mol. The van der Waals surface area contributed by atoms with Crippen LogP contribution in [0, 0.1) is 5.41 Å². The number of allylic oxidation sites excluding steroid dienone is 1. The molecule has 0 aromatic heterocycles. The van der Waals surface area contributed by atoms with E-state index in [-0.39, 0.29) is 31.8 Å². The van der Waals surface area contributed by atoms with E-state index in [0.717, 1.165) is 0 Å². The van der Waals surface area contributed by atoms with E-state index in [9.17, 15) is 28.8 Å². The molecule has 1 saturated heterocycles. The van der Waals surface area contributed by atoms with E-state index in [2.05, 4.69) is 41.7 Å². The first kappa shape index (κ1) is 40.8. The molecule has 0 radical (unpaired) electrons. The minimum absolute atomic E-state index is 0.0526. The number of carbonyl (C=O) groups excluding carboxylic acids is 6. The summed E-state index contributed by atoms with van der Waals surface area (Å²) in [5.74, 6) is -3.14. The summed E-state index contributed by atoms with van der Waals surface area (Å²) < 4.78 is 5.35. The number of rotatable bonds is 13. The van der Waals surface area contributed by atoms with Crippen molar-refractivity contribution in [1.29, 1.82) is 0 Å². The maximum atomic E-state index is 13.7. The fourth-order valence-corrected chi connectivity index (χ4v) is 4.64. The molecule has 12 heteroatoms. The molecule has 1 aliphatic heterocycles. The number of Topliss-reactive ketones (excluding diaryl/α,β-unsaturated/α-hetero) is 1. The number of carbonyl (C=O) groups is 6. The van der Waals surface area contributed by atoms with Gasteiger partial charge in [0.25, 0.3) is 5.91 Å². The van der Waals surface area contributed by atoms with Gasteiger partial charge in [-0.2, -0.15) is 0 Å². The standard InChI is InChI=1S/C32H47N5O7.C3H8/c1-8-9-16-22(25(39)28(41)33-19-18-24(38)34-21-14-11-10-12-15-21)35-27(40)23-17-13-20-37(23)29(42)26(31(2,3)4)36-30(43)44-32(5,6)7;1-3-2/h8,10-12,14-15,22-23,26H,1,9,13,16-20H2,2-7H3,(H,33,41)(H,34,38)(H,35,40)(H,36,43);3H2,1-2H3/t22?,23-,26+;/m0./s1. The molecule has 0 bridgehead atoms. The van der Waals surface area contributed by atoms with Crippen molar-refractivity contribution in [2.45, 2.75) is 118 Å². The molecule has 1 aromatic carbocycles. The second-order valence-electron chi connectivity index (χ2n) is 13.6. The van der Waals surface area contributed by atoms with Crippen molar-refractivity contribution >= 4 is 41.2 Å². The second kappa shape index (κ2) is 19.4. The van der Waals surface area contributed by atoms with Gasteiger partial charge >= 0.3 is 6.09 Å². The van der Waals surface area contributed by atoms with Gasteiger partial charge in [0.15, 0.2) is 0 Å². The van der Waals surface area contributed by atoms with Crippen LogP contribution in [-0.2, 0) is 28.7 Å². The van der Waals surface area contributed by atoms with Gasteiger partial charge in [0.2, 0.25) is 23.5 Å². The molecule has 262 valence electrons. The molecule has 1 unspecified atom stereocenters. The summed E-state index contributed by atoms with van der Waals surface area (Å²) in [5.41, 5.74) is -0.851. The van der Waals surface area contributed by atoms with Crippen LogP contribution in [-0.4, -0.2) is 77.2 Å². The Hall–Kier alpha value is -4.22. The summed E-state index contributed by atoms with van der Waals surface area (Å²) >= 11 is 0. The minimum atomic E-state index is -1.16. The van der Waals surface area contributed by atoms with Gasteiger partial charge in [0.1, 0.15) is 17.7 Å². The van der Waals surface area contributed by atoms with Crippen molar-refractivity contribution in [3.8, 4) is 0 Å². The molecule has 0 spiro atoms. The van der Waals surface area contributed by atoms with E-state index >= 15 is 0 Å². The highest BCUT2D eigenvalue weighted by atomic mass is 16.6. The van der Waals surface area contributed by atoms with Gasteiger partial charge in [0.05, 0.1) is 6.04 Å². The summed E-state index contributed by atoms with van der Waals surface area (Å²) in [7, 11) is 0. The molecule has 47 heavy (non-hydrogen) atoms. The van der Waals surface area contributed by atoms with Crippen LogP contribution in [0.25, 0.3) is 0 Å². The first-order valence-electron chi connectivity index (χ1n) is 16.3. The molecule has 1 aromatic rings. The van der Waals surface area contributed by atoms with Crippen molar-refractivity contribution in [1.82, 2.24) is 20.9 Å². The Morgan fingerprint density at radius 2 is 1.62 bits per heavy atom. The van der Waals surface area contributed by atoms with E-state index in [1.165, 1.54) is 11.3 Å². The van der Waals surface area contributed by atoms with Crippen LogP contribution in [0.2, 0.25) is 0 Å². The molecule has 1 fully saturated rings. The summed E-state index contributed by atoms with van der Waals surface area (Å²) in [4.78, 5) is 79.0. The highest BCUT2D eigenvalue weighted by molar-refractivity contribution is 6.38. The van der Waals surface area contributed by atoms with Gasteiger partial charge in [0, 0.05) is 25.2 Å². The molecule has 3 atom stereocenters. The molecule has 0 saturated carbocycles. The SMILES string of the molecule is C=CCCC(NC(=O)[C@@H]1CCCN1C(=O)[C@@H](NC(=O)OC(C)(C)C)C(C)(C)C)C(=O)C(=O)NCCC(=O)Nc1ccccc1.CCC. The number of hydrogen-bond donors (Lipinski definition) is 4. The fraction of sp³-hybridized carbons (Fsp3) is 0.600. The minimum Gasteiger partial charge on any atom is -0.444 e. The third-order valence-corrected chi connectivity index (χ3v) is 6.82. The number of benzene rings is 1. The van der Waals surface area contributed by atoms with Gasteiger partial charge in [-0.3, -0.25) is 24.0 Å². The zero-order valence-corrected chi connectivity index (χ0v) is 29.4. The quantitative estimate of drug-likeness (QED) is 0.179. The molecule has 5 amide bonds. The van der Waals surface area contributed by atoms with Crippen LogP contribution in [0.3, 0.4) is 0 Å². The van der Waals surface area contributed by atoms with Crippen molar-refractivity contribution in [3.63, 3.8) is 0 Å². The number of alkyl carbamates (subject to hydrolysis) is 1. The van der Waals surface area contributed by atoms with Crippen LogP contribution in [0.1, 0.15) is 93.9 Å². The number of para-hydroxylation sites is 1. The molecule has 1 heterocycles. The Morgan fingerprint density at radius 3 is 2.17 bits per heavy atom. The monoisotopic (exact) mass is 657 g/mol. The maximum absolute atomic E-state index is 13.7. The number of anilines is 1. The molecular weight excluding hydrogens is 602 g/mol. The van der Waals surface area contributed by atoms with Crippen molar-refractivity contribution in [2.75, 3.05) is 18.4 Å². The summed E-state index contributed by atoms with van der Waals surface area (Å²) in [6.45, 7) is 18.7.